The molecule has 1 N–H and O–H groups in total. The summed E-state index contributed by atoms with van der Waals surface area (Å²) in [6.45, 7) is 3.16. The van der Waals surface area contributed by atoms with Crippen molar-refractivity contribution in [3.8, 4) is 11.4 Å². The molecule has 196 valence electrons. The number of para-hydroxylation sites is 1. The Kier molecular flexibility index (Phi) is 8.22. The average molecular weight is 519 g/mol. The Balaban J connectivity index is 1.43. The summed E-state index contributed by atoms with van der Waals surface area (Å²) in [5.41, 5.74) is 3.81. The summed E-state index contributed by atoms with van der Waals surface area (Å²) in [7, 11) is 0. The average Bonchev–Trinajstić information content (AvgIpc) is 2.98. The molecule has 0 bridgehead atoms. The fourth-order valence-electron chi connectivity index (χ4n) is 4.64. The van der Waals surface area contributed by atoms with Crippen LogP contribution in [0.15, 0.2) is 109 Å². The molecule has 5 nitrogen and oxygen atoms in total. The van der Waals surface area contributed by atoms with E-state index in [1.165, 1.54) is 17.7 Å². The van der Waals surface area contributed by atoms with Gasteiger partial charge >= 0.3 is 0 Å². The van der Waals surface area contributed by atoms with E-state index in [4.69, 9.17) is 9.97 Å². The van der Waals surface area contributed by atoms with Crippen LogP contribution < -0.4 is 10.2 Å². The summed E-state index contributed by atoms with van der Waals surface area (Å²) in [6.07, 6.45) is 1.11. The lowest BCUT2D eigenvalue weighted by Crippen LogP contribution is -2.34. The van der Waals surface area contributed by atoms with Crippen molar-refractivity contribution in [3.63, 3.8) is 0 Å². The molecule has 0 saturated heterocycles. The van der Waals surface area contributed by atoms with Gasteiger partial charge in [0.2, 0.25) is 5.91 Å². The molecule has 1 aromatic heterocycles. The van der Waals surface area contributed by atoms with Crippen molar-refractivity contribution in [3.05, 3.63) is 126 Å². The highest BCUT2D eigenvalue weighted by atomic mass is 19.1. The van der Waals surface area contributed by atoms with Crippen LogP contribution in [0.3, 0.4) is 0 Å². The first kappa shape index (κ1) is 26.0. The first-order chi connectivity index (χ1) is 19.1. The number of amides is 1. The maximum absolute atomic E-state index is 13.6. The monoisotopic (exact) mass is 518 g/mol. The van der Waals surface area contributed by atoms with Crippen molar-refractivity contribution in [2.24, 2.45) is 0 Å². The molecule has 4 aromatic carbocycles. The molecule has 0 aliphatic carbocycles. The van der Waals surface area contributed by atoms with Gasteiger partial charge in [-0.3, -0.25) is 4.79 Å². The lowest BCUT2D eigenvalue weighted by atomic mass is 10.1. The molecule has 1 heterocycles. The van der Waals surface area contributed by atoms with Crippen LogP contribution in [0.25, 0.3) is 22.3 Å². The number of anilines is 1. The number of fused-ring (bicyclic) bond motifs is 1. The van der Waals surface area contributed by atoms with E-state index in [1.54, 1.807) is 12.1 Å². The molecule has 0 aliphatic heterocycles. The Morgan fingerprint density at radius 3 is 2.23 bits per heavy atom. The third-order valence-electron chi connectivity index (χ3n) is 6.78. The Hall–Kier alpha value is -4.58. The van der Waals surface area contributed by atoms with E-state index >= 15 is 0 Å². The van der Waals surface area contributed by atoms with E-state index in [0.29, 0.717) is 25.3 Å². The van der Waals surface area contributed by atoms with E-state index in [-0.39, 0.29) is 17.8 Å². The first-order valence-electron chi connectivity index (χ1n) is 13.2. The van der Waals surface area contributed by atoms with Gasteiger partial charge in [-0.05, 0) is 60.9 Å². The molecule has 0 radical (unpaired) electrons. The fourth-order valence-corrected chi connectivity index (χ4v) is 4.64. The first-order valence-corrected chi connectivity index (χ1v) is 13.2. The van der Waals surface area contributed by atoms with Gasteiger partial charge in [0.1, 0.15) is 11.6 Å². The second kappa shape index (κ2) is 12.3. The minimum atomic E-state index is -0.306. The standard InChI is InChI=1S/C33H31FN4O/c1-24(26-12-6-3-7-13-26)35-31(39)21-23-38(22-20-25-10-4-2-5-11-25)33-29-14-8-9-15-30(29)36-32(37-33)27-16-18-28(34)19-17-27/h2-19,24H,20-23H2,1H3,(H,35,39)/t24-/m0/s1. The number of carbonyl (C=O) groups excluding carboxylic acids is 1. The molecule has 1 atom stereocenters. The number of benzene rings is 4. The summed E-state index contributed by atoms with van der Waals surface area (Å²) in [5, 5.41) is 4.03. The predicted molar refractivity (Wildman–Crippen MR) is 155 cm³/mol. The van der Waals surface area contributed by atoms with Crippen molar-refractivity contribution in [1.82, 2.24) is 15.3 Å². The molecular formula is C33H31FN4O. The Labute approximate surface area is 228 Å². The maximum Gasteiger partial charge on any atom is 0.222 e. The molecule has 0 fully saturated rings. The van der Waals surface area contributed by atoms with E-state index in [1.807, 2.05) is 79.7 Å². The van der Waals surface area contributed by atoms with Gasteiger partial charge in [0.25, 0.3) is 0 Å². The molecular weight excluding hydrogens is 487 g/mol. The van der Waals surface area contributed by atoms with Gasteiger partial charge in [-0.2, -0.15) is 0 Å². The smallest absolute Gasteiger partial charge is 0.222 e. The summed E-state index contributed by atoms with van der Waals surface area (Å²) in [5.74, 6) is 0.962. The van der Waals surface area contributed by atoms with Crippen LogP contribution in [-0.4, -0.2) is 29.0 Å². The zero-order chi connectivity index (χ0) is 27.0. The van der Waals surface area contributed by atoms with E-state index in [9.17, 15) is 9.18 Å². The summed E-state index contributed by atoms with van der Waals surface area (Å²) >= 11 is 0. The zero-order valence-corrected chi connectivity index (χ0v) is 21.9. The molecule has 1 amide bonds. The summed E-state index contributed by atoms with van der Waals surface area (Å²) in [4.78, 5) is 24.9. The SMILES string of the molecule is C[C@H](NC(=O)CCN(CCc1ccccc1)c1nc(-c2ccc(F)cc2)nc2ccccc12)c1ccccc1. The minimum absolute atomic E-state index is 0.0202. The molecule has 6 heteroatoms. The third-order valence-corrected chi connectivity index (χ3v) is 6.78. The second-order valence-corrected chi connectivity index (χ2v) is 9.57. The zero-order valence-electron chi connectivity index (χ0n) is 21.9. The molecule has 0 spiro atoms. The number of hydrogen-bond donors (Lipinski definition) is 1. The highest BCUT2D eigenvalue weighted by Gasteiger charge is 2.18. The number of aromatic nitrogens is 2. The molecule has 0 aliphatic rings. The van der Waals surface area contributed by atoms with Crippen LogP contribution in [0.1, 0.15) is 30.5 Å². The van der Waals surface area contributed by atoms with E-state index in [0.717, 1.165) is 34.3 Å². The molecule has 39 heavy (non-hydrogen) atoms. The van der Waals surface area contributed by atoms with Gasteiger partial charge in [0.05, 0.1) is 11.6 Å². The minimum Gasteiger partial charge on any atom is -0.355 e. The van der Waals surface area contributed by atoms with E-state index in [2.05, 4.69) is 22.3 Å². The van der Waals surface area contributed by atoms with Crippen LogP contribution in [0.5, 0.6) is 0 Å². The number of hydrogen-bond acceptors (Lipinski definition) is 4. The number of nitrogens with one attached hydrogen (secondary N) is 1. The second-order valence-electron chi connectivity index (χ2n) is 9.57. The van der Waals surface area contributed by atoms with Crippen molar-refractivity contribution in [2.45, 2.75) is 25.8 Å². The van der Waals surface area contributed by atoms with Crippen LogP contribution in [0, 0.1) is 5.82 Å². The molecule has 0 saturated carbocycles. The lowest BCUT2D eigenvalue weighted by molar-refractivity contribution is -0.121. The number of carbonyl (C=O) groups is 1. The van der Waals surface area contributed by atoms with Gasteiger partial charge in [0.15, 0.2) is 5.82 Å². The van der Waals surface area contributed by atoms with E-state index < -0.39 is 0 Å². The number of halogens is 1. The van der Waals surface area contributed by atoms with Gasteiger partial charge in [-0.1, -0.05) is 72.8 Å². The normalized spacial score (nSPS) is 11.7. The highest BCUT2D eigenvalue weighted by molar-refractivity contribution is 5.91. The topological polar surface area (TPSA) is 58.1 Å². The van der Waals surface area contributed by atoms with Gasteiger partial charge in [0, 0.05) is 30.5 Å². The Morgan fingerprint density at radius 1 is 0.821 bits per heavy atom. The Bertz CT molecular complexity index is 1520. The lowest BCUT2D eigenvalue weighted by Gasteiger charge is -2.26. The van der Waals surface area contributed by atoms with Crippen LogP contribution in [0.2, 0.25) is 0 Å². The van der Waals surface area contributed by atoms with Crippen molar-refractivity contribution < 1.29 is 9.18 Å². The summed E-state index contributed by atoms with van der Waals surface area (Å²) in [6, 6.07) is 34.2. The predicted octanol–water partition coefficient (Wildman–Crippen LogP) is 6.75. The third kappa shape index (κ3) is 6.65. The fraction of sp³-hybridized carbons (Fsp3) is 0.182. The molecule has 0 unspecified atom stereocenters. The number of rotatable bonds is 10. The van der Waals surface area contributed by atoms with Gasteiger partial charge in [-0.25, -0.2) is 14.4 Å². The van der Waals surface area contributed by atoms with Gasteiger partial charge < -0.3 is 10.2 Å². The van der Waals surface area contributed by atoms with Gasteiger partial charge in [-0.15, -0.1) is 0 Å². The molecule has 5 aromatic rings. The van der Waals surface area contributed by atoms with Crippen LogP contribution in [-0.2, 0) is 11.2 Å². The van der Waals surface area contributed by atoms with Crippen molar-refractivity contribution in [2.75, 3.05) is 18.0 Å². The quantitative estimate of drug-likeness (QED) is 0.222. The van der Waals surface area contributed by atoms with Crippen LogP contribution in [0.4, 0.5) is 10.2 Å². The Morgan fingerprint density at radius 2 is 1.49 bits per heavy atom. The largest absolute Gasteiger partial charge is 0.355 e. The van der Waals surface area contributed by atoms with Crippen molar-refractivity contribution in [1.29, 1.82) is 0 Å². The highest BCUT2D eigenvalue weighted by Crippen LogP contribution is 2.28. The van der Waals surface area contributed by atoms with Crippen LogP contribution >= 0.6 is 0 Å². The van der Waals surface area contributed by atoms with Crippen molar-refractivity contribution >= 4 is 22.6 Å². The molecule has 5 rings (SSSR count). The number of nitrogens with zero attached hydrogens (tertiary/aromatic N) is 3. The maximum atomic E-state index is 13.6. The summed E-state index contributed by atoms with van der Waals surface area (Å²) < 4.78 is 13.6.